The SMILES string of the molecule is CCc1oc(NC)c(-c2cccc(F)c2Cl)c1O. The first-order valence-corrected chi connectivity index (χ1v) is 5.94. The van der Waals surface area contributed by atoms with E-state index in [-0.39, 0.29) is 10.8 Å². The van der Waals surface area contributed by atoms with Gasteiger partial charge in [0.2, 0.25) is 5.88 Å². The molecule has 1 heterocycles. The molecule has 0 atom stereocenters. The van der Waals surface area contributed by atoms with Crippen LogP contribution in [0.1, 0.15) is 12.7 Å². The summed E-state index contributed by atoms with van der Waals surface area (Å²) in [5.74, 6) is 0.274. The molecule has 0 aliphatic heterocycles. The fourth-order valence-electron chi connectivity index (χ4n) is 1.83. The molecule has 0 spiro atoms. The molecule has 1 aromatic heterocycles. The van der Waals surface area contributed by atoms with Gasteiger partial charge in [0.25, 0.3) is 0 Å². The van der Waals surface area contributed by atoms with Gasteiger partial charge in [-0.2, -0.15) is 0 Å². The molecule has 2 rings (SSSR count). The van der Waals surface area contributed by atoms with Crippen LogP contribution in [0.4, 0.5) is 10.3 Å². The number of nitrogens with one attached hydrogen (secondary N) is 1. The number of hydrogen-bond donors (Lipinski definition) is 2. The quantitative estimate of drug-likeness (QED) is 0.884. The van der Waals surface area contributed by atoms with Gasteiger partial charge in [-0.1, -0.05) is 30.7 Å². The molecule has 2 N–H and O–H groups in total. The summed E-state index contributed by atoms with van der Waals surface area (Å²) >= 11 is 5.93. The van der Waals surface area contributed by atoms with Crippen LogP contribution in [-0.4, -0.2) is 12.2 Å². The maximum Gasteiger partial charge on any atom is 0.204 e. The predicted octanol–water partition coefficient (Wildman–Crippen LogP) is 4.05. The van der Waals surface area contributed by atoms with Gasteiger partial charge in [0, 0.05) is 19.0 Å². The van der Waals surface area contributed by atoms with Gasteiger partial charge in [0.1, 0.15) is 11.6 Å². The normalized spacial score (nSPS) is 10.7. The standard InChI is InChI=1S/C13H13ClFNO2/c1-3-9-12(17)10(13(16-2)18-9)7-5-4-6-8(15)11(7)14/h4-6,16-17H,3H2,1-2H3. The van der Waals surface area contributed by atoms with Gasteiger partial charge in [0.15, 0.2) is 5.75 Å². The van der Waals surface area contributed by atoms with E-state index in [2.05, 4.69) is 5.32 Å². The van der Waals surface area contributed by atoms with Gasteiger partial charge in [0.05, 0.1) is 10.6 Å². The highest BCUT2D eigenvalue weighted by atomic mass is 35.5. The molecule has 0 radical (unpaired) electrons. The number of hydrogen-bond acceptors (Lipinski definition) is 3. The average Bonchev–Trinajstić information content (AvgIpc) is 2.69. The summed E-state index contributed by atoms with van der Waals surface area (Å²) in [6.07, 6.45) is 0.535. The maximum absolute atomic E-state index is 13.5. The van der Waals surface area contributed by atoms with Crippen molar-refractivity contribution < 1.29 is 13.9 Å². The van der Waals surface area contributed by atoms with Crippen molar-refractivity contribution in [1.29, 1.82) is 0 Å². The first-order valence-electron chi connectivity index (χ1n) is 5.56. The van der Waals surface area contributed by atoms with Crippen LogP contribution in [0.2, 0.25) is 5.02 Å². The summed E-state index contributed by atoms with van der Waals surface area (Å²) in [5, 5.41) is 12.9. The molecular weight excluding hydrogens is 257 g/mol. The van der Waals surface area contributed by atoms with Gasteiger partial charge in [-0.25, -0.2) is 4.39 Å². The fraction of sp³-hybridized carbons (Fsp3) is 0.231. The average molecular weight is 270 g/mol. The van der Waals surface area contributed by atoms with E-state index in [4.69, 9.17) is 16.0 Å². The Morgan fingerprint density at radius 1 is 1.44 bits per heavy atom. The number of aromatic hydroxyl groups is 1. The molecular formula is C13H13ClFNO2. The van der Waals surface area contributed by atoms with Gasteiger partial charge >= 0.3 is 0 Å². The highest BCUT2D eigenvalue weighted by Crippen LogP contribution is 2.44. The van der Waals surface area contributed by atoms with Crippen LogP contribution in [0.3, 0.4) is 0 Å². The number of rotatable bonds is 3. The highest BCUT2D eigenvalue weighted by Gasteiger charge is 2.22. The summed E-state index contributed by atoms with van der Waals surface area (Å²) < 4.78 is 18.9. The lowest BCUT2D eigenvalue weighted by atomic mass is 10.1. The van der Waals surface area contributed by atoms with E-state index < -0.39 is 5.82 Å². The monoisotopic (exact) mass is 269 g/mol. The minimum Gasteiger partial charge on any atom is -0.504 e. The second-order valence-corrected chi connectivity index (χ2v) is 4.16. The minimum absolute atomic E-state index is 0.00523. The van der Waals surface area contributed by atoms with Crippen molar-refractivity contribution in [1.82, 2.24) is 0 Å². The third-order valence-electron chi connectivity index (χ3n) is 2.72. The predicted molar refractivity (Wildman–Crippen MR) is 69.7 cm³/mol. The largest absolute Gasteiger partial charge is 0.504 e. The summed E-state index contributed by atoms with van der Waals surface area (Å²) in [7, 11) is 1.66. The number of benzene rings is 1. The Bertz CT molecular complexity index is 581. The van der Waals surface area contributed by atoms with Crippen LogP contribution in [0, 0.1) is 5.82 Å². The van der Waals surface area contributed by atoms with E-state index in [1.807, 2.05) is 6.92 Å². The Labute approximate surface area is 109 Å². The molecule has 2 aromatic rings. The Morgan fingerprint density at radius 3 is 2.78 bits per heavy atom. The zero-order valence-corrected chi connectivity index (χ0v) is 10.8. The number of furan rings is 1. The summed E-state index contributed by atoms with van der Waals surface area (Å²) in [6.45, 7) is 1.86. The van der Waals surface area contributed by atoms with Crippen LogP contribution in [0.5, 0.6) is 5.75 Å². The zero-order chi connectivity index (χ0) is 13.3. The number of halogens is 2. The van der Waals surface area contributed by atoms with Crippen LogP contribution < -0.4 is 5.32 Å². The number of anilines is 1. The molecule has 18 heavy (non-hydrogen) atoms. The van der Waals surface area contributed by atoms with Crippen LogP contribution in [-0.2, 0) is 6.42 Å². The van der Waals surface area contributed by atoms with Crippen molar-refractivity contribution >= 4 is 17.5 Å². The van der Waals surface area contributed by atoms with Crippen molar-refractivity contribution in [2.45, 2.75) is 13.3 Å². The summed E-state index contributed by atoms with van der Waals surface area (Å²) in [6, 6.07) is 4.44. The molecule has 0 bridgehead atoms. The third-order valence-corrected chi connectivity index (χ3v) is 3.11. The van der Waals surface area contributed by atoms with E-state index in [0.29, 0.717) is 29.2 Å². The van der Waals surface area contributed by atoms with Gasteiger partial charge in [-0.15, -0.1) is 0 Å². The second kappa shape index (κ2) is 4.90. The van der Waals surface area contributed by atoms with E-state index in [9.17, 15) is 9.50 Å². The topological polar surface area (TPSA) is 45.4 Å². The van der Waals surface area contributed by atoms with Gasteiger partial charge < -0.3 is 14.8 Å². The second-order valence-electron chi connectivity index (χ2n) is 3.78. The first-order chi connectivity index (χ1) is 8.60. The van der Waals surface area contributed by atoms with Gasteiger partial charge in [-0.05, 0) is 6.07 Å². The molecule has 5 heteroatoms. The lowest BCUT2D eigenvalue weighted by Gasteiger charge is -2.05. The van der Waals surface area contributed by atoms with Crippen molar-refractivity contribution in [2.75, 3.05) is 12.4 Å². The van der Waals surface area contributed by atoms with Crippen LogP contribution in [0.25, 0.3) is 11.1 Å². The Balaban J connectivity index is 2.70. The molecule has 0 saturated heterocycles. The van der Waals surface area contributed by atoms with E-state index in [1.54, 1.807) is 13.1 Å². The van der Waals surface area contributed by atoms with Crippen molar-refractivity contribution in [3.63, 3.8) is 0 Å². The minimum atomic E-state index is -0.533. The molecule has 0 amide bonds. The summed E-state index contributed by atoms with van der Waals surface area (Å²) in [4.78, 5) is 0. The van der Waals surface area contributed by atoms with Crippen molar-refractivity contribution in [2.24, 2.45) is 0 Å². The molecule has 0 aliphatic carbocycles. The van der Waals surface area contributed by atoms with E-state index in [0.717, 1.165) is 0 Å². The lowest BCUT2D eigenvalue weighted by Crippen LogP contribution is -1.89. The van der Waals surface area contributed by atoms with Crippen LogP contribution in [0.15, 0.2) is 22.6 Å². The molecule has 0 aliphatic rings. The fourth-order valence-corrected chi connectivity index (χ4v) is 2.05. The molecule has 0 fully saturated rings. The zero-order valence-electron chi connectivity index (χ0n) is 10.1. The smallest absolute Gasteiger partial charge is 0.204 e. The van der Waals surface area contributed by atoms with Gasteiger partial charge in [-0.3, -0.25) is 0 Å². The lowest BCUT2D eigenvalue weighted by molar-refractivity contribution is 0.438. The summed E-state index contributed by atoms with van der Waals surface area (Å²) in [5.41, 5.74) is 0.792. The first kappa shape index (κ1) is 12.8. The number of aryl methyl sites for hydroxylation is 1. The van der Waals surface area contributed by atoms with E-state index >= 15 is 0 Å². The molecule has 0 unspecified atom stereocenters. The Hall–Kier alpha value is -1.68. The Kier molecular flexibility index (Phi) is 3.48. The molecule has 96 valence electrons. The highest BCUT2D eigenvalue weighted by molar-refractivity contribution is 6.33. The maximum atomic E-state index is 13.5. The van der Waals surface area contributed by atoms with E-state index in [1.165, 1.54) is 12.1 Å². The van der Waals surface area contributed by atoms with Crippen molar-refractivity contribution in [3.8, 4) is 16.9 Å². The van der Waals surface area contributed by atoms with Crippen LogP contribution >= 0.6 is 11.6 Å². The van der Waals surface area contributed by atoms with Crippen molar-refractivity contribution in [3.05, 3.63) is 34.8 Å². The Morgan fingerprint density at radius 2 is 2.17 bits per heavy atom. The molecule has 1 aromatic carbocycles. The molecule has 0 saturated carbocycles. The molecule has 3 nitrogen and oxygen atoms in total. The third kappa shape index (κ3) is 1.93.